The molecule has 1 fully saturated rings. The van der Waals surface area contributed by atoms with Gasteiger partial charge in [0, 0.05) is 19.2 Å². The maximum atomic E-state index is 11.7. The van der Waals surface area contributed by atoms with Crippen LogP contribution in [0.2, 0.25) is 0 Å². The minimum Gasteiger partial charge on any atom is -0.321 e. The molecular formula is C10H15N3O. The smallest absolute Gasteiger partial charge is 0.182 e. The lowest BCUT2D eigenvalue weighted by atomic mass is 10.0. The van der Waals surface area contributed by atoms with E-state index in [4.69, 9.17) is 5.73 Å². The van der Waals surface area contributed by atoms with E-state index in [1.54, 1.807) is 17.8 Å². The second-order valence-corrected chi connectivity index (χ2v) is 4.03. The van der Waals surface area contributed by atoms with Crippen molar-refractivity contribution in [1.82, 2.24) is 9.78 Å². The molecule has 14 heavy (non-hydrogen) atoms. The molecule has 2 rings (SSSR count). The first-order chi connectivity index (χ1) is 6.59. The van der Waals surface area contributed by atoms with Gasteiger partial charge < -0.3 is 5.73 Å². The van der Waals surface area contributed by atoms with Gasteiger partial charge in [0.2, 0.25) is 0 Å². The Morgan fingerprint density at radius 2 is 2.36 bits per heavy atom. The van der Waals surface area contributed by atoms with Crippen molar-refractivity contribution >= 4 is 5.78 Å². The molecule has 1 atom stereocenters. The van der Waals surface area contributed by atoms with Crippen molar-refractivity contribution in [3.05, 3.63) is 17.5 Å². The molecule has 0 aromatic carbocycles. The minimum absolute atomic E-state index is 0. The normalized spacial score (nSPS) is 18.2. The summed E-state index contributed by atoms with van der Waals surface area (Å²) in [7, 11) is 1.84. The van der Waals surface area contributed by atoms with Crippen molar-refractivity contribution in [2.24, 2.45) is 12.8 Å². The third-order valence-corrected chi connectivity index (χ3v) is 2.50. The van der Waals surface area contributed by atoms with E-state index in [0.29, 0.717) is 11.5 Å². The molecule has 2 N–H and O–H groups in total. The molecule has 0 amide bonds. The van der Waals surface area contributed by atoms with Crippen molar-refractivity contribution in [3.8, 4) is 0 Å². The van der Waals surface area contributed by atoms with Crippen LogP contribution in [0, 0.1) is 0 Å². The summed E-state index contributed by atoms with van der Waals surface area (Å²) in [4.78, 5) is 11.7. The first kappa shape index (κ1) is 9.40. The Kier molecular flexibility index (Phi) is 2.15. The lowest BCUT2D eigenvalue weighted by Crippen LogP contribution is -2.27. The molecule has 4 heteroatoms. The molecule has 76 valence electrons. The van der Waals surface area contributed by atoms with Crippen molar-refractivity contribution in [2.45, 2.75) is 31.7 Å². The van der Waals surface area contributed by atoms with Gasteiger partial charge in [-0.3, -0.25) is 9.48 Å². The Balaban J connectivity index is 2.35. The number of carbonyl (C=O) groups is 1. The first-order valence-electron chi connectivity index (χ1n) is 4.93. The maximum Gasteiger partial charge on any atom is 0.182 e. The van der Waals surface area contributed by atoms with Crippen molar-refractivity contribution in [1.29, 1.82) is 0 Å². The van der Waals surface area contributed by atoms with Gasteiger partial charge in [0.15, 0.2) is 5.78 Å². The van der Waals surface area contributed by atoms with Gasteiger partial charge >= 0.3 is 0 Å². The van der Waals surface area contributed by atoms with Crippen LogP contribution in [0.5, 0.6) is 0 Å². The van der Waals surface area contributed by atoms with E-state index in [0.717, 1.165) is 18.5 Å². The molecule has 1 aromatic rings. The van der Waals surface area contributed by atoms with Gasteiger partial charge in [-0.1, -0.05) is 0 Å². The molecule has 1 saturated carbocycles. The highest BCUT2D eigenvalue weighted by molar-refractivity contribution is 6.00. The zero-order valence-corrected chi connectivity index (χ0v) is 8.53. The van der Waals surface area contributed by atoms with Crippen LogP contribution in [0.4, 0.5) is 0 Å². The number of Topliss-reactive ketones (excluding diaryl/α,β-unsaturated/α-hetero) is 1. The third kappa shape index (κ3) is 1.57. The number of nitrogens with zero attached hydrogens (tertiary/aromatic N) is 2. The van der Waals surface area contributed by atoms with Crippen LogP contribution in [0.1, 0.15) is 41.7 Å². The van der Waals surface area contributed by atoms with Crippen molar-refractivity contribution in [2.75, 3.05) is 0 Å². The standard InChI is InChI=1S/C10H15N3O/c1-6(11)10(14)8-5-13(2)12-9(8)7-3-4-7/h5-7H,3-4,11H2,1-2H3. The van der Waals surface area contributed by atoms with Crippen LogP contribution in [0.15, 0.2) is 6.20 Å². The summed E-state index contributed by atoms with van der Waals surface area (Å²) in [5, 5.41) is 4.32. The molecule has 0 aliphatic heterocycles. The van der Waals surface area contributed by atoms with Crippen molar-refractivity contribution < 1.29 is 4.79 Å². The molecule has 0 spiro atoms. The molecule has 1 aliphatic carbocycles. The number of rotatable bonds is 3. The fourth-order valence-corrected chi connectivity index (χ4v) is 1.60. The summed E-state index contributed by atoms with van der Waals surface area (Å²) in [6, 6.07) is -0.434. The van der Waals surface area contributed by atoms with E-state index in [1.807, 2.05) is 7.05 Å². The lowest BCUT2D eigenvalue weighted by molar-refractivity contribution is 0.0967. The van der Waals surface area contributed by atoms with Crippen molar-refractivity contribution in [3.63, 3.8) is 0 Å². The number of hydrogen-bond acceptors (Lipinski definition) is 3. The monoisotopic (exact) mass is 193 g/mol. The van der Waals surface area contributed by atoms with E-state index in [9.17, 15) is 4.79 Å². The Morgan fingerprint density at radius 1 is 1.71 bits per heavy atom. The number of carbonyl (C=O) groups excluding carboxylic acids is 1. The number of hydrogen-bond donors (Lipinski definition) is 1. The Labute approximate surface area is 83.1 Å². The van der Waals surface area contributed by atoms with Gasteiger partial charge in [-0.15, -0.1) is 0 Å². The van der Waals surface area contributed by atoms with Crippen LogP contribution in [0.3, 0.4) is 0 Å². The van der Waals surface area contributed by atoms with Gasteiger partial charge in [-0.25, -0.2) is 0 Å². The second kappa shape index (κ2) is 3.20. The van der Waals surface area contributed by atoms with E-state index < -0.39 is 6.04 Å². The highest BCUT2D eigenvalue weighted by Gasteiger charge is 2.31. The van der Waals surface area contributed by atoms with E-state index >= 15 is 0 Å². The van der Waals surface area contributed by atoms with Crippen LogP contribution in [-0.4, -0.2) is 21.6 Å². The molecule has 1 unspecified atom stereocenters. The highest BCUT2D eigenvalue weighted by Crippen LogP contribution is 2.40. The van der Waals surface area contributed by atoms with E-state index in [-0.39, 0.29) is 5.78 Å². The molecule has 1 aromatic heterocycles. The topological polar surface area (TPSA) is 60.9 Å². The van der Waals surface area contributed by atoms with Crippen LogP contribution < -0.4 is 5.73 Å². The molecule has 0 saturated heterocycles. The fourth-order valence-electron chi connectivity index (χ4n) is 1.60. The summed E-state index contributed by atoms with van der Waals surface area (Å²) in [6.07, 6.45) is 4.08. The van der Waals surface area contributed by atoms with Gasteiger partial charge in [-0.2, -0.15) is 5.10 Å². The van der Waals surface area contributed by atoms with Gasteiger partial charge in [0.1, 0.15) is 0 Å². The SMILES string of the molecule is CC(N)C(=O)c1cn(C)nc1C1CC1. The number of ketones is 1. The average molecular weight is 193 g/mol. The zero-order chi connectivity index (χ0) is 10.3. The summed E-state index contributed by atoms with van der Waals surface area (Å²) >= 11 is 0. The molecule has 1 aliphatic rings. The van der Waals surface area contributed by atoms with E-state index in [2.05, 4.69) is 5.10 Å². The van der Waals surface area contributed by atoms with Crippen LogP contribution >= 0.6 is 0 Å². The Morgan fingerprint density at radius 3 is 2.86 bits per heavy atom. The van der Waals surface area contributed by atoms with Gasteiger partial charge in [0.25, 0.3) is 0 Å². The molecule has 4 nitrogen and oxygen atoms in total. The molecule has 1 heterocycles. The molecule has 0 bridgehead atoms. The zero-order valence-electron chi connectivity index (χ0n) is 8.53. The predicted molar refractivity (Wildman–Crippen MR) is 53.2 cm³/mol. The largest absolute Gasteiger partial charge is 0.321 e. The fraction of sp³-hybridized carbons (Fsp3) is 0.600. The van der Waals surface area contributed by atoms with Gasteiger partial charge in [-0.05, 0) is 19.8 Å². The highest BCUT2D eigenvalue weighted by atomic mass is 16.1. The molecular weight excluding hydrogens is 178 g/mol. The predicted octanol–water partition coefficient (Wildman–Crippen LogP) is 0.827. The van der Waals surface area contributed by atoms with Gasteiger partial charge in [0.05, 0.1) is 17.3 Å². The lowest BCUT2D eigenvalue weighted by Gasteiger charge is -2.02. The minimum atomic E-state index is -0.434. The summed E-state index contributed by atoms with van der Waals surface area (Å²) in [5.41, 5.74) is 7.23. The third-order valence-electron chi connectivity index (χ3n) is 2.50. The summed E-state index contributed by atoms with van der Waals surface area (Å²) in [6.45, 7) is 1.71. The van der Waals surface area contributed by atoms with Crippen LogP contribution in [0.25, 0.3) is 0 Å². The Hall–Kier alpha value is -1.16. The first-order valence-corrected chi connectivity index (χ1v) is 4.93. The Bertz CT molecular complexity index is 363. The summed E-state index contributed by atoms with van der Waals surface area (Å²) < 4.78 is 1.70. The van der Waals surface area contributed by atoms with Crippen LogP contribution in [-0.2, 0) is 7.05 Å². The maximum absolute atomic E-state index is 11.7. The number of nitrogens with two attached hydrogens (primary N) is 1. The average Bonchev–Trinajstić information content (AvgIpc) is 2.88. The number of aromatic nitrogens is 2. The summed E-state index contributed by atoms with van der Waals surface area (Å²) in [5.74, 6) is 0.494. The number of aryl methyl sites for hydroxylation is 1. The van der Waals surface area contributed by atoms with E-state index in [1.165, 1.54) is 0 Å². The molecule has 0 radical (unpaired) electrons. The quantitative estimate of drug-likeness (QED) is 0.723. The second-order valence-electron chi connectivity index (χ2n) is 4.03.